The number of nitrogens with zero attached hydrogens (tertiary/aromatic N) is 1. The van der Waals surface area contributed by atoms with Crippen LogP contribution in [0.2, 0.25) is 0 Å². The maximum atomic E-state index is 12.7. The molecule has 1 aromatic carbocycles. The maximum Gasteiger partial charge on any atom is 0.227 e. The Kier molecular flexibility index (Phi) is 5.43. The van der Waals surface area contributed by atoms with Crippen LogP contribution in [0.5, 0.6) is 0 Å². The van der Waals surface area contributed by atoms with Crippen LogP contribution in [-0.2, 0) is 14.6 Å². The molecule has 1 fully saturated rings. The van der Waals surface area contributed by atoms with E-state index in [1.165, 1.54) is 0 Å². The quantitative estimate of drug-likeness (QED) is 0.839. The second-order valence-corrected chi connectivity index (χ2v) is 10.0. The second kappa shape index (κ2) is 6.87. The maximum absolute atomic E-state index is 12.7. The van der Waals surface area contributed by atoms with Gasteiger partial charge in [0.2, 0.25) is 5.91 Å². The number of carbonyl (C=O) groups excluding carboxylic acids is 1. The third-order valence-electron chi connectivity index (χ3n) is 4.84. The van der Waals surface area contributed by atoms with Crippen molar-refractivity contribution in [2.45, 2.75) is 52.4 Å². The normalized spacial score (nSPS) is 17.1. The van der Waals surface area contributed by atoms with E-state index < -0.39 is 9.84 Å². The summed E-state index contributed by atoms with van der Waals surface area (Å²) in [5, 5.41) is 0. The molecule has 1 aliphatic rings. The fourth-order valence-corrected chi connectivity index (χ4v) is 4.87. The van der Waals surface area contributed by atoms with Gasteiger partial charge in [-0.05, 0) is 55.9 Å². The first-order valence-electron chi connectivity index (χ1n) is 8.60. The molecule has 0 unspecified atom stereocenters. The molecule has 134 valence electrons. The monoisotopic (exact) mass is 351 g/mol. The van der Waals surface area contributed by atoms with Gasteiger partial charge >= 0.3 is 0 Å². The standard InChI is InChI=1S/C19H29NO3S/c1-14-6-7-17(12-15(14)2)24(22,23)13-16-8-10-20(11-9-16)18(21)19(3,4)5/h6-7,12,16H,8-11,13H2,1-5H3. The lowest BCUT2D eigenvalue weighted by Crippen LogP contribution is -2.44. The van der Waals surface area contributed by atoms with Crippen molar-refractivity contribution in [3.63, 3.8) is 0 Å². The van der Waals surface area contributed by atoms with Gasteiger partial charge in [0.1, 0.15) is 0 Å². The van der Waals surface area contributed by atoms with Gasteiger partial charge in [-0.25, -0.2) is 8.42 Å². The number of carbonyl (C=O) groups is 1. The smallest absolute Gasteiger partial charge is 0.227 e. The Bertz CT molecular complexity index is 709. The van der Waals surface area contributed by atoms with Crippen LogP contribution in [0.15, 0.2) is 23.1 Å². The van der Waals surface area contributed by atoms with E-state index in [1.54, 1.807) is 12.1 Å². The molecule has 0 N–H and O–H groups in total. The van der Waals surface area contributed by atoms with Crippen LogP contribution in [0, 0.1) is 25.2 Å². The number of hydrogen-bond donors (Lipinski definition) is 0. The molecule has 2 rings (SSSR count). The predicted octanol–water partition coefficient (Wildman–Crippen LogP) is 3.36. The Morgan fingerprint density at radius 1 is 1.12 bits per heavy atom. The van der Waals surface area contributed by atoms with Crippen LogP contribution in [0.4, 0.5) is 0 Å². The first-order chi connectivity index (χ1) is 11.0. The van der Waals surface area contributed by atoms with E-state index in [4.69, 9.17) is 0 Å². The molecule has 0 atom stereocenters. The summed E-state index contributed by atoms with van der Waals surface area (Å²) >= 11 is 0. The predicted molar refractivity (Wildman–Crippen MR) is 96.7 cm³/mol. The summed E-state index contributed by atoms with van der Waals surface area (Å²) in [6, 6.07) is 5.34. The van der Waals surface area contributed by atoms with E-state index in [0.717, 1.165) is 24.0 Å². The molecule has 0 saturated carbocycles. The van der Waals surface area contributed by atoms with Crippen LogP contribution in [-0.4, -0.2) is 38.1 Å². The molecule has 0 aromatic heterocycles. The minimum Gasteiger partial charge on any atom is -0.342 e. The minimum absolute atomic E-state index is 0.126. The van der Waals surface area contributed by atoms with Crippen molar-refractivity contribution in [3.8, 4) is 0 Å². The SMILES string of the molecule is Cc1ccc(S(=O)(=O)CC2CCN(C(=O)C(C)(C)C)CC2)cc1C. The van der Waals surface area contributed by atoms with E-state index in [2.05, 4.69) is 0 Å². The Morgan fingerprint density at radius 3 is 2.21 bits per heavy atom. The van der Waals surface area contributed by atoms with Gasteiger partial charge in [0, 0.05) is 18.5 Å². The molecule has 0 spiro atoms. The van der Waals surface area contributed by atoms with Crippen molar-refractivity contribution in [2.75, 3.05) is 18.8 Å². The Labute approximate surface area is 146 Å². The number of hydrogen-bond acceptors (Lipinski definition) is 3. The summed E-state index contributed by atoms with van der Waals surface area (Å²) < 4.78 is 25.3. The van der Waals surface area contributed by atoms with Crippen LogP contribution in [0.1, 0.15) is 44.7 Å². The van der Waals surface area contributed by atoms with Crippen LogP contribution in [0.25, 0.3) is 0 Å². The lowest BCUT2D eigenvalue weighted by molar-refractivity contribution is -0.140. The van der Waals surface area contributed by atoms with Crippen molar-refractivity contribution in [2.24, 2.45) is 11.3 Å². The Hall–Kier alpha value is -1.36. The molecule has 0 bridgehead atoms. The number of likely N-dealkylation sites (tertiary alicyclic amines) is 1. The molecule has 0 aliphatic carbocycles. The van der Waals surface area contributed by atoms with Crippen LogP contribution < -0.4 is 0 Å². The molecule has 5 heteroatoms. The van der Waals surface area contributed by atoms with Crippen molar-refractivity contribution in [1.29, 1.82) is 0 Å². The van der Waals surface area contributed by atoms with E-state index in [1.807, 2.05) is 45.6 Å². The van der Waals surface area contributed by atoms with E-state index in [-0.39, 0.29) is 23.0 Å². The van der Waals surface area contributed by atoms with Crippen LogP contribution in [0.3, 0.4) is 0 Å². The highest BCUT2D eigenvalue weighted by atomic mass is 32.2. The molecule has 1 amide bonds. The summed E-state index contributed by atoms with van der Waals surface area (Å²) in [5.41, 5.74) is 1.72. The highest BCUT2D eigenvalue weighted by molar-refractivity contribution is 7.91. The minimum atomic E-state index is -3.27. The molecule has 1 aromatic rings. The molecule has 1 saturated heterocycles. The topological polar surface area (TPSA) is 54.5 Å². The van der Waals surface area contributed by atoms with Crippen molar-refractivity contribution in [3.05, 3.63) is 29.3 Å². The first-order valence-corrected chi connectivity index (χ1v) is 10.3. The van der Waals surface area contributed by atoms with Gasteiger partial charge < -0.3 is 4.90 Å². The van der Waals surface area contributed by atoms with Gasteiger partial charge in [-0.2, -0.15) is 0 Å². The first kappa shape index (κ1) is 19.0. The van der Waals surface area contributed by atoms with E-state index in [0.29, 0.717) is 18.0 Å². The Morgan fingerprint density at radius 2 is 1.71 bits per heavy atom. The average Bonchev–Trinajstić information content (AvgIpc) is 2.48. The fourth-order valence-electron chi connectivity index (χ4n) is 3.09. The number of rotatable bonds is 3. The zero-order valence-corrected chi connectivity index (χ0v) is 16.2. The zero-order chi connectivity index (χ0) is 18.1. The van der Waals surface area contributed by atoms with Gasteiger partial charge in [0.15, 0.2) is 9.84 Å². The van der Waals surface area contributed by atoms with E-state index in [9.17, 15) is 13.2 Å². The van der Waals surface area contributed by atoms with Gasteiger partial charge in [-0.15, -0.1) is 0 Å². The fraction of sp³-hybridized carbons (Fsp3) is 0.632. The van der Waals surface area contributed by atoms with Crippen molar-refractivity contribution < 1.29 is 13.2 Å². The summed E-state index contributed by atoms with van der Waals surface area (Å²) in [5.74, 6) is 0.450. The highest BCUT2D eigenvalue weighted by Gasteiger charge is 2.32. The molecule has 0 radical (unpaired) electrons. The largest absolute Gasteiger partial charge is 0.342 e. The third-order valence-corrected chi connectivity index (χ3v) is 6.72. The number of sulfone groups is 1. The van der Waals surface area contributed by atoms with Crippen molar-refractivity contribution in [1.82, 2.24) is 4.90 Å². The van der Waals surface area contributed by atoms with E-state index >= 15 is 0 Å². The number of amides is 1. The molecule has 4 nitrogen and oxygen atoms in total. The highest BCUT2D eigenvalue weighted by Crippen LogP contribution is 2.26. The zero-order valence-electron chi connectivity index (χ0n) is 15.4. The molecule has 1 aliphatic heterocycles. The number of benzene rings is 1. The summed E-state index contributed by atoms with van der Waals surface area (Å²) in [6.07, 6.45) is 1.51. The molecule has 24 heavy (non-hydrogen) atoms. The van der Waals surface area contributed by atoms with Crippen LogP contribution >= 0.6 is 0 Å². The second-order valence-electron chi connectivity index (χ2n) is 8.01. The summed E-state index contributed by atoms with van der Waals surface area (Å²) in [6.45, 7) is 11.0. The average molecular weight is 352 g/mol. The molecular formula is C19H29NO3S. The number of aryl methyl sites for hydroxylation is 2. The lowest BCUT2D eigenvalue weighted by atomic mass is 9.91. The molecule has 1 heterocycles. The van der Waals surface area contributed by atoms with Crippen molar-refractivity contribution >= 4 is 15.7 Å². The van der Waals surface area contributed by atoms with Gasteiger partial charge in [0.25, 0.3) is 0 Å². The summed E-state index contributed by atoms with van der Waals surface area (Å²) in [4.78, 5) is 14.6. The number of piperidine rings is 1. The third kappa shape index (κ3) is 4.38. The van der Waals surface area contributed by atoms with Gasteiger partial charge in [-0.1, -0.05) is 26.8 Å². The van der Waals surface area contributed by atoms with Gasteiger partial charge in [-0.3, -0.25) is 4.79 Å². The van der Waals surface area contributed by atoms with Gasteiger partial charge in [0.05, 0.1) is 10.6 Å². The summed E-state index contributed by atoms with van der Waals surface area (Å²) in [7, 11) is -3.27. The lowest BCUT2D eigenvalue weighted by Gasteiger charge is -2.35. The Balaban J connectivity index is 2.00. The molecular weight excluding hydrogens is 322 g/mol.